The van der Waals surface area contributed by atoms with Crippen LogP contribution in [0.5, 0.6) is 0 Å². The SMILES string of the molecule is N#Cc1cccc(NCCCNCc2cccnc2)n1. The van der Waals surface area contributed by atoms with E-state index in [0.717, 1.165) is 31.9 Å². The first-order valence-corrected chi connectivity index (χ1v) is 6.59. The molecule has 5 heteroatoms. The number of aromatic nitrogens is 2. The maximum atomic E-state index is 8.76. The van der Waals surface area contributed by atoms with Crippen molar-refractivity contribution in [2.24, 2.45) is 0 Å². The molecule has 0 saturated carbocycles. The summed E-state index contributed by atoms with van der Waals surface area (Å²) in [5.74, 6) is 0.747. The second-order valence-electron chi connectivity index (χ2n) is 4.34. The Bertz CT molecular complexity index is 562. The highest BCUT2D eigenvalue weighted by Gasteiger charge is 1.96. The minimum Gasteiger partial charge on any atom is -0.370 e. The molecule has 2 rings (SSSR count). The molecule has 0 aliphatic heterocycles. The van der Waals surface area contributed by atoms with Crippen molar-refractivity contribution in [3.63, 3.8) is 0 Å². The lowest BCUT2D eigenvalue weighted by atomic mass is 10.3. The van der Waals surface area contributed by atoms with E-state index in [4.69, 9.17) is 5.26 Å². The summed E-state index contributed by atoms with van der Waals surface area (Å²) in [4.78, 5) is 8.22. The largest absolute Gasteiger partial charge is 0.370 e. The molecule has 0 fully saturated rings. The molecule has 2 heterocycles. The van der Waals surface area contributed by atoms with Gasteiger partial charge in [-0.05, 0) is 36.7 Å². The van der Waals surface area contributed by atoms with E-state index in [1.54, 1.807) is 12.3 Å². The fraction of sp³-hybridized carbons (Fsp3) is 0.267. The van der Waals surface area contributed by atoms with Gasteiger partial charge in [-0.3, -0.25) is 4.98 Å². The van der Waals surface area contributed by atoms with Crippen LogP contribution < -0.4 is 10.6 Å². The van der Waals surface area contributed by atoms with Crippen molar-refractivity contribution in [2.45, 2.75) is 13.0 Å². The molecule has 2 aromatic heterocycles. The quantitative estimate of drug-likeness (QED) is 0.750. The standard InChI is InChI=1S/C15H17N5/c16-10-14-5-1-6-15(20-14)19-9-3-8-18-12-13-4-2-7-17-11-13/h1-2,4-7,11,18H,3,8-9,12H2,(H,19,20). The van der Waals surface area contributed by atoms with Gasteiger partial charge in [0.2, 0.25) is 0 Å². The Morgan fingerprint density at radius 3 is 2.90 bits per heavy atom. The van der Waals surface area contributed by atoms with Crippen LogP contribution in [0.15, 0.2) is 42.7 Å². The van der Waals surface area contributed by atoms with Crippen LogP contribution >= 0.6 is 0 Å². The van der Waals surface area contributed by atoms with Crippen LogP contribution in [0.3, 0.4) is 0 Å². The van der Waals surface area contributed by atoms with Gasteiger partial charge in [-0.2, -0.15) is 5.26 Å². The number of rotatable bonds is 7. The maximum absolute atomic E-state index is 8.76. The maximum Gasteiger partial charge on any atom is 0.142 e. The first-order valence-electron chi connectivity index (χ1n) is 6.59. The number of nitrogens with one attached hydrogen (secondary N) is 2. The third-order valence-electron chi connectivity index (χ3n) is 2.75. The fourth-order valence-corrected chi connectivity index (χ4v) is 1.76. The second-order valence-corrected chi connectivity index (χ2v) is 4.34. The zero-order chi connectivity index (χ0) is 14.0. The van der Waals surface area contributed by atoms with Crippen LogP contribution in [0.1, 0.15) is 17.7 Å². The van der Waals surface area contributed by atoms with Gasteiger partial charge < -0.3 is 10.6 Å². The zero-order valence-corrected chi connectivity index (χ0v) is 11.2. The summed E-state index contributed by atoms with van der Waals surface area (Å²) in [5, 5.41) is 15.3. The summed E-state index contributed by atoms with van der Waals surface area (Å²) >= 11 is 0. The third-order valence-corrected chi connectivity index (χ3v) is 2.75. The van der Waals surface area contributed by atoms with Gasteiger partial charge in [0.15, 0.2) is 0 Å². The van der Waals surface area contributed by atoms with Gasteiger partial charge in [0.1, 0.15) is 17.6 Å². The summed E-state index contributed by atoms with van der Waals surface area (Å²) in [6.45, 7) is 2.57. The fourth-order valence-electron chi connectivity index (χ4n) is 1.76. The number of nitrogens with zero attached hydrogens (tertiary/aromatic N) is 3. The molecular weight excluding hydrogens is 250 g/mol. The topological polar surface area (TPSA) is 73.6 Å². The first-order chi connectivity index (χ1) is 9.88. The Kier molecular flexibility index (Phi) is 5.50. The lowest BCUT2D eigenvalue weighted by Crippen LogP contribution is -2.18. The lowest BCUT2D eigenvalue weighted by Gasteiger charge is -2.07. The third kappa shape index (κ3) is 4.67. The lowest BCUT2D eigenvalue weighted by molar-refractivity contribution is 0.661. The molecule has 0 aliphatic rings. The molecule has 5 nitrogen and oxygen atoms in total. The number of anilines is 1. The van der Waals surface area contributed by atoms with Crippen molar-refractivity contribution in [3.05, 3.63) is 54.0 Å². The van der Waals surface area contributed by atoms with Crippen LogP contribution in [-0.4, -0.2) is 23.1 Å². The predicted molar refractivity (Wildman–Crippen MR) is 78.0 cm³/mol. The second kappa shape index (κ2) is 7.87. The van der Waals surface area contributed by atoms with Crippen LogP contribution in [0, 0.1) is 11.3 Å². The minimum absolute atomic E-state index is 0.435. The van der Waals surface area contributed by atoms with Crippen molar-refractivity contribution in [2.75, 3.05) is 18.4 Å². The molecule has 20 heavy (non-hydrogen) atoms. The van der Waals surface area contributed by atoms with Gasteiger partial charge in [0, 0.05) is 25.5 Å². The van der Waals surface area contributed by atoms with E-state index < -0.39 is 0 Å². The van der Waals surface area contributed by atoms with Crippen LogP contribution in [0.2, 0.25) is 0 Å². The molecule has 0 bridgehead atoms. The highest BCUT2D eigenvalue weighted by Crippen LogP contribution is 2.03. The average molecular weight is 267 g/mol. The average Bonchev–Trinajstić information content (AvgIpc) is 2.52. The van der Waals surface area contributed by atoms with Crippen molar-refractivity contribution < 1.29 is 0 Å². The molecule has 0 saturated heterocycles. The molecule has 0 spiro atoms. The van der Waals surface area contributed by atoms with Gasteiger partial charge >= 0.3 is 0 Å². The van der Waals surface area contributed by atoms with E-state index in [1.165, 1.54) is 5.56 Å². The van der Waals surface area contributed by atoms with Crippen molar-refractivity contribution in [1.82, 2.24) is 15.3 Å². The molecule has 0 unspecified atom stereocenters. The summed E-state index contributed by atoms with van der Waals surface area (Å²) in [7, 11) is 0. The van der Waals surface area contributed by atoms with Gasteiger partial charge in [-0.1, -0.05) is 12.1 Å². The highest BCUT2D eigenvalue weighted by atomic mass is 15.0. The Labute approximate surface area is 118 Å². The predicted octanol–water partition coefficient (Wildman–Crippen LogP) is 1.94. The van der Waals surface area contributed by atoms with Crippen molar-refractivity contribution in [1.29, 1.82) is 5.26 Å². The number of hydrogen-bond donors (Lipinski definition) is 2. The van der Waals surface area contributed by atoms with Gasteiger partial charge in [0.25, 0.3) is 0 Å². The van der Waals surface area contributed by atoms with Gasteiger partial charge in [-0.15, -0.1) is 0 Å². The van der Waals surface area contributed by atoms with Crippen molar-refractivity contribution >= 4 is 5.82 Å². The summed E-state index contributed by atoms with van der Waals surface area (Å²) in [5.41, 5.74) is 1.62. The van der Waals surface area contributed by atoms with E-state index in [-0.39, 0.29) is 0 Å². The van der Waals surface area contributed by atoms with E-state index in [0.29, 0.717) is 5.69 Å². The molecule has 2 aromatic rings. The number of nitriles is 1. The van der Waals surface area contributed by atoms with Gasteiger partial charge in [-0.25, -0.2) is 4.98 Å². The van der Waals surface area contributed by atoms with Crippen molar-refractivity contribution in [3.8, 4) is 6.07 Å². The molecule has 0 atom stereocenters. The molecule has 0 amide bonds. The zero-order valence-electron chi connectivity index (χ0n) is 11.2. The number of hydrogen-bond acceptors (Lipinski definition) is 5. The Morgan fingerprint density at radius 2 is 2.10 bits per heavy atom. The monoisotopic (exact) mass is 267 g/mol. The molecule has 0 radical (unpaired) electrons. The van der Waals surface area contributed by atoms with Crippen LogP contribution in [-0.2, 0) is 6.54 Å². The molecular formula is C15H17N5. The molecule has 2 N–H and O–H groups in total. The van der Waals surface area contributed by atoms with E-state index >= 15 is 0 Å². The Balaban J connectivity index is 1.61. The van der Waals surface area contributed by atoms with E-state index in [2.05, 4.69) is 26.7 Å². The smallest absolute Gasteiger partial charge is 0.142 e. The highest BCUT2D eigenvalue weighted by molar-refractivity contribution is 5.38. The first kappa shape index (κ1) is 14.0. The Morgan fingerprint density at radius 1 is 1.15 bits per heavy atom. The summed E-state index contributed by atoms with van der Waals surface area (Å²) in [6, 6.07) is 11.4. The number of pyridine rings is 2. The Hall–Kier alpha value is -2.45. The van der Waals surface area contributed by atoms with Crippen LogP contribution in [0.4, 0.5) is 5.82 Å². The molecule has 102 valence electrons. The summed E-state index contributed by atoms with van der Waals surface area (Å²) < 4.78 is 0. The normalized spacial score (nSPS) is 9.95. The van der Waals surface area contributed by atoms with E-state index in [9.17, 15) is 0 Å². The van der Waals surface area contributed by atoms with Crippen LogP contribution in [0.25, 0.3) is 0 Å². The minimum atomic E-state index is 0.435. The van der Waals surface area contributed by atoms with E-state index in [1.807, 2.05) is 30.5 Å². The molecule has 0 aliphatic carbocycles. The summed E-state index contributed by atoms with van der Waals surface area (Å²) in [6.07, 6.45) is 4.62. The molecule has 0 aromatic carbocycles. The van der Waals surface area contributed by atoms with Gasteiger partial charge in [0.05, 0.1) is 0 Å².